The van der Waals surface area contributed by atoms with Crippen molar-refractivity contribution in [2.24, 2.45) is 0 Å². The van der Waals surface area contributed by atoms with E-state index in [9.17, 15) is 20.1 Å². The maximum atomic E-state index is 11.1. The molecule has 4 unspecified atom stereocenters. The molecule has 0 aliphatic carbocycles. The summed E-state index contributed by atoms with van der Waals surface area (Å²) >= 11 is 7.56. The first-order valence-electron chi connectivity index (χ1n) is 4.90. The summed E-state index contributed by atoms with van der Waals surface area (Å²) in [6.07, 6.45) is -1.19. The summed E-state index contributed by atoms with van der Waals surface area (Å²) in [5.41, 5.74) is -3.69. The molecule has 0 aliphatic heterocycles. The van der Waals surface area contributed by atoms with Gasteiger partial charge in [-0.3, -0.25) is 4.79 Å². The van der Waals surface area contributed by atoms with Gasteiger partial charge in [0.25, 0.3) is 0 Å². The molecule has 7 heteroatoms. The van der Waals surface area contributed by atoms with Crippen LogP contribution >= 0.6 is 25.3 Å². The Kier molecular flexibility index (Phi) is 6.73. The number of hydrogen-bond donors (Lipinski definition) is 5. The Morgan fingerprint density at radius 3 is 2.25 bits per heavy atom. The largest absolute Gasteiger partial charge is 0.433 e. The summed E-state index contributed by atoms with van der Waals surface area (Å²) in [7, 11) is 0. The van der Waals surface area contributed by atoms with E-state index in [1.807, 2.05) is 0 Å². The van der Waals surface area contributed by atoms with E-state index in [2.05, 4.69) is 30.0 Å². The van der Waals surface area contributed by atoms with Gasteiger partial charge in [0.05, 0.1) is 0 Å². The average Bonchev–Trinajstić information content (AvgIpc) is 2.15. The van der Waals surface area contributed by atoms with Crippen LogP contribution in [0.2, 0.25) is 0 Å². The molecule has 0 spiro atoms. The van der Waals surface area contributed by atoms with Crippen LogP contribution in [-0.2, 0) is 9.53 Å². The van der Waals surface area contributed by atoms with Crippen molar-refractivity contribution in [2.75, 3.05) is 0 Å². The highest BCUT2D eigenvalue weighted by Crippen LogP contribution is 2.27. The molecule has 0 heterocycles. The fourth-order valence-electron chi connectivity index (χ4n) is 1.03. The first kappa shape index (κ1) is 16.1. The summed E-state index contributed by atoms with van der Waals surface area (Å²) < 4.78 is 4.59. The maximum absolute atomic E-state index is 11.1. The SMILES string of the molecule is CCCC(=O)OC(O)C(O)(C(C)S)C(O)S. The van der Waals surface area contributed by atoms with Gasteiger partial charge in [0.2, 0.25) is 6.29 Å². The molecule has 16 heavy (non-hydrogen) atoms. The summed E-state index contributed by atoms with van der Waals surface area (Å²) in [5.74, 6) is -0.656. The van der Waals surface area contributed by atoms with Gasteiger partial charge < -0.3 is 20.1 Å². The Morgan fingerprint density at radius 2 is 1.94 bits per heavy atom. The molecule has 0 rings (SSSR count). The monoisotopic (exact) mass is 270 g/mol. The first-order chi connectivity index (χ1) is 7.26. The first-order valence-corrected chi connectivity index (χ1v) is 5.94. The van der Waals surface area contributed by atoms with Crippen molar-refractivity contribution >= 4 is 31.2 Å². The molecular weight excluding hydrogens is 252 g/mol. The lowest BCUT2D eigenvalue weighted by Crippen LogP contribution is -2.57. The molecule has 0 aromatic rings. The van der Waals surface area contributed by atoms with Gasteiger partial charge in [-0.1, -0.05) is 13.8 Å². The third kappa shape index (κ3) is 3.81. The highest BCUT2D eigenvalue weighted by molar-refractivity contribution is 7.82. The van der Waals surface area contributed by atoms with Gasteiger partial charge in [-0.25, -0.2) is 0 Å². The number of aliphatic hydroxyl groups is 3. The molecule has 0 saturated carbocycles. The average molecular weight is 270 g/mol. The highest BCUT2D eigenvalue weighted by Gasteiger charge is 2.47. The topological polar surface area (TPSA) is 87.0 Å². The van der Waals surface area contributed by atoms with Gasteiger partial charge in [-0.15, -0.1) is 12.6 Å². The smallest absolute Gasteiger partial charge is 0.308 e. The van der Waals surface area contributed by atoms with Crippen molar-refractivity contribution in [3.05, 3.63) is 0 Å². The Labute approximate surface area is 106 Å². The minimum Gasteiger partial charge on any atom is -0.433 e. The Balaban J connectivity index is 4.64. The lowest BCUT2D eigenvalue weighted by atomic mass is 10.0. The van der Waals surface area contributed by atoms with Crippen molar-refractivity contribution < 1.29 is 24.9 Å². The van der Waals surface area contributed by atoms with Crippen LogP contribution < -0.4 is 0 Å². The number of aliphatic hydroxyl groups excluding tert-OH is 2. The second kappa shape index (κ2) is 6.70. The van der Waals surface area contributed by atoms with E-state index in [0.717, 1.165) is 0 Å². The lowest BCUT2D eigenvalue weighted by Gasteiger charge is -2.36. The molecule has 3 N–H and O–H groups in total. The Hall–Kier alpha value is 0.0500. The number of carbonyl (C=O) groups excluding carboxylic acids is 1. The van der Waals surface area contributed by atoms with Gasteiger partial charge in [0, 0.05) is 11.7 Å². The van der Waals surface area contributed by atoms with Crippen molar-refractivity contribution in [3.8, 4) is 0 Å². The lowest BCUT2D eigenvalue weighted by molar-refractivity contribution is -0.227. The van der Waals surface area contributed by atoms with E-state index in [-0.39, 0.29) is 6.42 Å². The van der Waals surface area contributed by atoms with Crippen LogP contribution in [0.15, 0.2) is 0 Å². The van der Waals surface area contributed by atoms with Crippen LogP contribution in [0.4, 0.5) is 0 Å². The number of rotatable bonds is 6. The molecule has 0 radical (unpaired) electrons. The molecule has 5 nitrogen and oxygen atoms in total. The summed E-state index contributed by atoms with van der Waals surface area (Å²) in [4.78, 5) is 11.1. The minimum atomic E-state index is -2.12. The zero-order chi connectivity index (χ0) is 12.9. The number of ether oxygens (including phenoxy) is 1. The minimum absolute atomic E-state index is 0.122. The maximum Gasteiger partial charge on any atom is 0.308 e. The molecule has 0 bridgehead atoms. The molecule has 0 aliphatic rings. The second-order valence-electron chi connectivity index (χ2n) is 3.53. The van der Waals surface area contributed by atoms with Gasteiger partial charge in [-0.05, 0) is 6.42 Å². The summed E-state index contributed by atoms with van der Waals surface area (Å²) in [6.45, 7) is 3.22. The highest BCUT2D eigenvalue weighted by atomic mass is 32.1. The molecule has 4 atom stereocenters. The van der Waals surface area contributed by atoms with Crippen molar-refractivity contribution in [1.82, 2.24) is 0 Å². The number of esters is 1. The van der Waals surface area contributed by atoms with Crippen LogP contribution in [0.25, 0.3) is 0 Å². The van der Waals surface area contributed by atoms with Crippen LogP contribution in [0.1, 0.15) is 26.7 Å². The molecular formula is C9H18O5S2. The van der Waals surface area contributed by atoms with E-state index in [1.165, 1.54) is 6.92 Å². The second-order valence-corrected chi connectivity index (χ2v) is 4.79. The fourth-order valence-corrected chi connectivity index (χ4v) is 1.77. The third-order valence-electron chi connectivity index (χ3n) is 2.18. The predicted octanol–water partition coefficient (Wildman–Crippen LogP) is -0.0543. The van der Waals surface area contributed by atoms with E-state index in [1.54, 1.807) is 6.92 Å². The van der Waals surface area contributed by atoms with Crippen molar-refractivity contribution in [2.45, 2.75) is 49.3 Å². The van der Waals surface area contributed by atoms with Gasteiger partial charge in [0.15, 0.2) is 5.60 Å². The van der Waals surface area contributed by atoms with Crippen molar-refractivity contribution in [3.63, 3.8) is 0 Å². The van der Waals surface area contributed by atoms with Gasteiger partial charge in [0.1, 0.15) is 5.44 Å². The van der Waals surface area contributed by atoms with Gasteiger partial charge in [-0.2, -0.15) is 12.6 Å². The predicted molar refractivity (Wildman–Crippen MR) is 65.4 cm³/mol. The Morgan fingerprint density at radius 1 is 1.44 bits per heavy atom. The van der Waals surface area contributed by atoms with Crippen molar-refractivity contribution in [1.29, 1.82) is 0 Å². The van der Waals surface area contributed by atoms with Gasteiger partial charge >= 0.3 is 5.97 Å². The van der Waals surface area contributed by atoms with E-state index in [0.29, 0.717) is 6.42 Å². The normalized spacial score (nSPS) is 20.7. The molecule has 0 aromatic carbocycles. The van der Waals surface area contributed by atoms with Crippen LogP contribution in [-0.4, -0.2) is 43.9 Å². The molecule has 0 aromatic heterocycles. The molecule has 0 fully saturated rings. The van der Waals surface area contributed by atoms with Crippen LogP contribution in [0.5, 0.6) is 0 Å². The quantitative estimate of drug-likeness (QED) is 0.265. The zero-order valence-electron chi connectivity index (χ0n) is 9.20. The van der Waals surface area contributed by atoms with E-state index >= 15 is 0 Å². The zero-order valence-corrected chi connectivity index (χ0v) is 11.0. The molecule has 0 saturated heterocycles. The summed E-state index contributed by atoms with van der Waals surface area (Å²) in [6, 6.07) is 0. The number of thiol groups is 2. The van der Waals surface area contributed by atoms with E-state index < -0.39 is 28.5 Å². The van der Waals surface area contributed by atoms with Crippen LogP contribution in [0, 0.1) is 0 Å². The van der Waals surface area contributed by atoms with Crippen LogP contribution in [0.3, 0.4) is 0 Å². The molecule has 0 amide bonds. The molecule has 96 valence electrons. The fraction of sp³-hybridized carbons (Fsp3) is 0.889. The number of carbonyl (C=O) groups is 1. The Bertz CT molecular complexity index is 224. The van der Waals surface area contributed by atoms with E-state index in [4.69, 9.17) is 0 Å². The third-order valence-corrected chi connectivity index (χ3v) is 3.00. The summed E-state index contributed by atoms with van der Waals surface area (Å²) in [5, 5.41) is 27.9. The standard InChI is InChI=1S/C9H18O5S2/c1-3-4-6(10)14-7(11)9(13,5(2)15)8(12)16/h5,7-8,11-13,15-16H,3-4H2,1-2H3. The number of hydrogen-bond acceptors (Lipinski definition) is 7.